The summed E-state index contributed by atoms with van der Waals surface area (Å²) < 4.78 is 18.7. The Hall–Kier alpha value is -1.59. The Morgan fingerprint density at radius 1 is 0.745 bits per heavy atom. The van der Waals surface area contributed by atoms with Crippen molar-refractivity contribution in [3.05, 3.63) is 0 Å². The second kappa shape index (κ2) is 14.0. The van der Waals surface area contributed by atoms with Gasteiger partial charge in [-0.05, 0) is 165 Å². The molecule has 9 aliphatic rings. The normalized spacial score (nSPS) is 44.5. The number of hydrogen-bond donors (Lipinski definition) is 0. The molecule has 0 aromatic heterocycles. The summed E-state index contributed by atoms with van der Waals surface area (Å²) >= 11 is 0. The number of rotatable bonds is 10. The Labute approximate surface area is 288 Å². The second-order valence-electron chi connectivity index (χ2n) is 17.6. The van der Waals surface area contributed by atoms with E-state index in [0.29, 0.717) is 62.2 Å². The maximum Gasteiger partial charge on any atom is 0.312 e. The zero-order valence-corrected chi connectivity index (χ0v) is 27.5. The van der Waals surface area contributed by atoms with E-state index in [-0.39, 0.29) is 64.9 Å². The molecule has 0 radical (unpaired) electrons. The van der Waals surface area contributed by atoms with E-state index in [1.807, 2.05) is 20.8 Å². The summed E-state index contributed by atoms with van der Waals surface area (Å²) in [5.74, 6) is 4.88. The van der Waals surface area contributed by atoms with Crippen molar-refractivity contribution < 1.29 is 28.6 Å². The molecule has 3 atom stereocenters. The van der Waals surface area contributed by atoms with Gasteiger partial charge in [-0.3, -0.25) is 14.4 Å². The fraction of sp³-hybridized carbons (Fsp3) is 0.927. The lowest BCUT2D eigenvalue weighted by Crippen LogP contribution is -2.59. The highest BCUT2D eigenvalue weighted by atomic mass is 16.6. The van der Waals surface area contributed by atoms with Crippen LogP contribution in [0.5, 0.6) is 0 Å². The van der Waals surface area contributed by atoms with Gasteiger partial charge in [-0.25, -0.2) is 0 Å². The standard InChI is InChI=1S/C37H56O6.4CH4/c1-6-34(2,33(40)43-37(5)28-16-24-11-25(18-28)19-29(37)17-24)21-35(3)20-30(41-32(35)39)8-7-9-31(38)42-36(4)26-12-22-10-23(14-26)15-27(36)13-22;;;;/h22-30H,6-21H2,1-5H3;4*1H4. The smallest absolute Gasteiger partial charge is 0.312 e. The molecule has 272 valence electrons. The van der Waals surface area contributed by atoms with E-state index in [4.69, 9.17) is 14.2 Å². The topological polar surface area (TPSA) is 78.9 Å². The molecule has 1 saturated heterocycles. The first-order chi connectivity index (χ1) is 20.3. The third-order valence-electron chi connectivity index (χ3n) is 14.6. The molecule has 8 bridgehead atoms. The Morgan fingerprint density at radius 2 is 1.17 bits per heavy atom. The highest BCUT2D eigenvalue weighted by Crippen LogP contribution is 2.61. The lowest BCUT2D eigenvalue weighted by atomic mass is 9.50. The molecule has 1 heterocycles. The molecular formula is C41H72O6. The first-order valence-electron chi connectivity index (χ1n) is 18.0. The number of carbonyl (C=O) groups is 3. The van der Waals surface area contributed by atoms with Crippen molar-refractivity contribution in [1.82, 2.24) is 0 Å². The number of cyclic esters (lactones) is 1. The fourth-order valence-corrected chi connectivity index (χ4v) is 12.1. The van der Waals surface area contributed by atoms with Gasteiger partial charge >= 0.3 is 17.9 Å². The van der Waals surface area contributed by atoms with Crippen LogP contribution in [0.15, 0.2) is 0 Å². The molecule has 9 fully saturated rings. The SMILES string of the molecule is C.C.C.C.CCC(C)(CC1(C)CC(CCCC(=O)OC2(C)C3CC4CC(C3)CC2C4)OC1=O)C(=O)OC1(C)C2CC3CC(C2)CC1C3. The van der Waals surface area contributed by atoms with Crippen molar-refractivity contribution in [2.24, 2.45) is 58.2 Å². The molecule has 8 aliphatic carbocycles. The largest absolute Gasteiger partial charge is 0.462 e. The molecule has 6 heteroatoms. The molecule has 1 aliphatic heterocycles. The Morgan fingerprint density at radius 3 is 1.60 bits per heavy atom. The van der Waals surface area contributed by atoms with Gasteiger partial charge in [0.2, 0.25) is 0 Å². The van der Waals surface area contributed by atoms with Gasteiger partial charge in [0, 0.05) is 12.8 Å². The van der Waals surface area contributed by atoms with E-state index in [1.165, 1.54) is 64.2 Å². The molecule has 0 amide bonds. The Kier molecular flexibility index (Phi) is 11.8. The minimum absolute atomic E-state index is 0. The van der Waals surface area contributed by atoms with Gasteiger partial charge in [-0.15, -0.1) is 0 Å². The van der Waals surface area contributed by atoms with Gasteiger partial charge in [-0.1, -0.05) is 36.6 Å². The maximum atomic E-state index is 13.9. The van der Waals surface area contributed by atoms with Crippen LogP contribution in [-0.2, 0) is 28.6 Å². The molecule has 0 aromatic carbocycles. The highest BCUT2D eigenvalue weighted by Gasteiger charge is 2.59. The minimum atomic E-state index is -0.738. The molecule has 0 spiro atoms. The van der Waals surface area contributed by atoms with Crippen LogP contribution in [0.25, 0.3) is 0 Å². The number of hydrogen-bond acceptors (Lipinski definition) is 6. The van der Waals surface area contributed by atoms with Crippen LogP contribution in [0.3, 0.4) is 0 Å². The van der Waals surface area contributed by atoms with Crippen molar-refractivity contribution >= 4 is 17.9 Å². The summed E-state index contributed by atoms with van der Waals surface area (Å²) in [6.07, 6.45) is 15.5. The summed E-state index contributed by atoms with van der Waals surface area (Å²) in [6, 6.07) is 0. The molecule has 0 aromatic rings. The van der Waals surface area contributed by atoms with Crippen LogP contribution in [0.4, 0.5) is 0 Å². The second-order valence-corrected chi connectivity index (χ2v) is 17.6. The van der Waals surface area contributed by atoms with E-state index in [0.717, 1.165) is 23.7 Å². The quantitative estimate of drug-likeness (QED) is 0.171. The monoisotopic (exact) mass is 661 g/mol. The number of esters is 3. The zero-order valence-electron chi connectivity index (χ0n) is 27.5. The number of ether oxygens (including phenoxy) is 3. The summed E-state index contributed by atoms with van der Waals surface area (Å²) in [5, 5.41) is 0. The van der Waals surface area contributed by atoms with E-state index < -0.39 is 10.8 Å². The predicted molar refractivity (Wildman–Crippen MR) is 189 cm³/mol. The predicted octanol–water partition coefficient (Wildman–Crippen LogP) is 10.3. The molecule has 47 heavy (non-hydrogen) atoms. The van der Waals surface area contributed by atoms with Gasteiger partial charge in [0.1, 0.15) is 17.3 Å². The van der Waals surface area contributed by atoms with E-state index in [1.54, 1.807) is 0 Å². The van der Waals surface area contributed by atoms with E-state index in [2.05, 4.69) is 13.8 Å². The van der Waals surface area contributed by atoms with Crippen molar-refractivity contribution in [1.29, 1.82) is 0 Å². The zero-order chi connectivity index (χ0) is 30.4. The van der Waals surface area contributed by atoms with Crippen LogP contribution in [0.1, 0.15) is 167 Å². The van der Waals surface area contributed by atoms with Crippen LogP contribution >= 0.6 is 0 Å². The van der Waals surface area contributed by atoms with Crippen molar-refractivity contribution in [2.45, 2.75) is 184 Å². The van der Waals surface area contributed by atoms with Crippen molar-refractivity contribution in [3.8, 4) is 0 Å². The van der Waals surface area contributed by atoms with Crippen LogP contribution < -0.4 is 0 Å². The summed E-state index contributed by atoms with van der Waals surface area (Å²) in [4.78, 5) is 40.2. The van der Waals surface area contributed by atoms with Crippen LogP contribution in [0.2, 0.25) is 0 Å². The third-order valence-corrected chi connectivity index (χ3v) is 14.6. The van der Waals surface area contributed by atoms with Gasteiger partial charge in [0.05, 0.1) is 10.8 Å². The first-order valence-corrected chi connectivity index (χ1v) is 18.0. The lowest BCUT2D eigenvalue weighted by molar-refractivity contribution is -0.213. The molecular weight excluding hydrogens is 588 g/mol. The van der Waals surface area contributed by atoms with Crippen LogP contribution in [0, 0.1) is 58.2 Å². The van der Waals surface area contributed by atoms with Gasteiger partial charge in [0.15, 0.2) is 0 Å². The molecule has 9 rings (SSSR count). The average molecular weight is 661 g/mol. The average Bonchev–Trinajstić information content (AvgIpc) is 3.21. The molecule has 3 unspecified atom stereocenters. The van der Waals surface area contributed by atoms with Crippen molar-refractivity contribution in [3.63, 3.8) is 0 Å². The lowest BCUT2D eigenvalue weighted by Gasteiger charge is -2.59. The Balaban J connectivity index is 0.00000150. The first kappa shape index (κ1) is 39.8. The van der Waals surface area contributed by atoms with Crippen LogP contribution in [-0.4, -0.2) is 35.2 Å². The van der Waals surface area contributed by atoms with Gasteiger partial charge in [0.25, 0.3) is 0 Å². The summed E-state index contributed by atoms with van der Waals surface area (Å²) in [5.41, 5.74) is -2.13. The van der Waals surface area contributed by atoms with E-state index >= 15 is 0 Å². The molecule has 0 N–H and O–H groups in total. The summed E-state index contributed by atoms with van der Waals surface area (Å²) in [7, 11) is 0. The minimum Gasteiger partial charge on any atom is -0.462 e. The Bertz CT molecular complexity index is 1090. The van der Waals surface area contributed by atoms with Gasteiger partial charge in [-0.2, -0.15) is 0 Å². The van der Waals surface area contributed by atoms with E-state index in [9.17, 15) is 14.4 Å². The highest BCUT2D eigenvalue weighted by molar-refractivity contribution is 5.82. The fourth-order valence-electron chi connectivity index (χ4n) is 12.1. The van der Waals surface area contributed by atoms with Crippen molar-refractivity contribution in [2.75, 3.05) is 0 Å². The molecule has 8 saturated carbocycles. The maximum absolute atomic E-state index is 13.9. The molecule has 6 nitrogen and oxygen atoms in total. The number of carbonyl (C=O) groups excluding carboxylic acids is 3. The third kappa shape index (κ3) is 6.80. The summed E-state index contributed by atoms with van der Waals surface area (Å²) in [6.45, 7) is 10.4. The van der Waals surface area contributed by atoms with Gasteiger partial charge < -0.3 is 14.2 Å².